The molecule has 0 saturated heterocycles. The standard InChI is InChI=1S/C17H20FN5O3S/c1-20-17(19)23(2)27(25)10-11-8-12(4-6-14(11)18)22-16(24)15-7-5-13(26-3)9-21-15/h4-9H,10H2,1-3H3,(H2,19,20)(H,22,24). The second-order valence-corrected chi connectivity index (χ2v) is 6.87. The number of guanidine groups is 1. The summed E-state index contributed by atoms with van der Waals surface area (Å²) in [4.78, 5) is 20.0. The van der Waals surface area contributed by atoms with Gasteiger partial charge in [-0.2, -0.15) is 0 Å². The predicted molar refractivity (Wildman–Crippen MR) is 102 cm³/mol. The van der Waals surface area contributed by atoms with E-state index in [1.807, 2.05) is 0 Å². The van der Waals surface area contributed by atoms with Crippen LogP contribution in [0.5, 0.6) is 5.75 Å². The van der Waals surface area contributed by atoms with Gasteiger partial charge >= 0.3 is 0 Å². The lowest BCUT2D eigenvalue weighted by molar-refractivity contribution is 0.102. The largest absolute Gasteiger partial charge is 0.495 e. The van der Waals surface area contributed by atoms with E-state index in [-0.39, 0.29) is 23.0 Å². The Labute approximate surface area is 158 Å². The summed E-state index contributed by atoms with van der Waals surface area (Å²) in [6, 6.07) is 7.14. The SMILES string of the molecule is CN=C(N)N(C)S(=O)Cc1cc(NC(=O)c2ccc(OC)cn2)ccc1F. The summed E-state index contributed by atoms with van der Waals surface area (Å²) in [5, 5.41) is 2.63. The van der Waals surface area contributed by atoms with Crippen molar-refractivity contribution in [3.8, 4) is 5.75 Å². The van der Waals surface area contributed by atoms with E-state index >= 15 is 0 Å². The quantitative estimate of drug-likeness (QED) is 0.571. The van der Waals surface area contributed by atoms with Gasteiger partial charge in [0.1, 0.15) is 28.2 Å². The molecule has 1 heterocycles. The van der Waals surface area contributed by atoms with Gasteiger partial charge in [-0.25, -0.2) is 13.6 Å². The fourth-order valence-corrected chi connectivity index (χ4v) is 3.04. The molecule has 3 N–H and O–H groups in total. The Morgan fingerprint density at radius 3 is 2.74 bits per heavy atom. The second kappa shape index (κ2) is 9.08. The zero-order valence-corrected chi connectivity index (χ0v) is 15.9. The average Bonchev–Trinajstić information content (AvgIpc) is 2.69. The fraction of sp³-hybridized carbons (Fsp3) is 0.235. The summed E-state index contributed by atoms with van der Waals surface area (Å²) in [7, 11) is 2.84. The highest BCUT2D eigenvalue weighted by Crippen LogP contribution is 2.18. The number of carbonyl (C=O) groups is 1. The Morgan fingerprint density at radius 2 is 2.15 bits per heavy atom. The number of hydrogen-bond donors (Lipinski definition) is 2. The van der Waals surface area contributed by atoms with Crippen molar-refractivity contribution in [2.45, 2.75) is 5.75 Å². The van der Waals surface area contributed by atoms with Gasteiger partial charge in [-0.15, -0.1) is 0 Å². The molecular formula is C17H20FN5O3S. The number of rotatable bonds is 6. The number of aromatic nitrogens is 1. The summed E-state index contributed by atoms with van der Waals surface area (Å²) in [5.74, 6) is -0.524. The van der Waals surface area contributed by atoms with Crippen molar-refractivity contribution >= 4 is 28.5 Å². The highest BCUT2D eigenvalue weighted by Gasteiger charge is 2.15. The second-order valence-electron chi connectivity index (χ2n) is 5.39. The summed E-state index contributed by atoms with van der Waals surface area (Å²) < 4.78 is 32.6. The number of nitrogens with zero attached hydrogens (tertiary/aromatic N) is 3. The number of carbonyl (C=O) groups excluding carboxylic acids is 1. The molecule has 0 aliphatic carbocycles. The maximum absolute atomic E-state index is 14.1. The van der Waals surface area contributed by atoms with Crippen molar-refractivity contribution in [2.75, 3.05) is 26.5 Å². The lowest BCUT2D eigenvalue weighted by Crippen LogP contribution is -2.35. The van der Waals surface area contributed by atoms with Gasteiger partial charge in [0, 0.05) is 25.3 Å². The van der Waals surface area contributed by atoms with Gasteiger partial charge in [-0.3, -0.25) is 14.1 Å². The minimum absolute atomic E-state index is 0.0729. The highest BCUT2D eigenvalue weighted by atomic mass is 32.2. The number of benzene rings is 1. The van der Waals surface area contributed by atoms with E-state index < -0.39 is 22.7 Å². The molecule has 0 spiro atoms. The van der Waals surface area contributed by atoms with Crippen molar-refractivity contribution in [1.82, 2.24) is 9.29 Å². The molecule has 1 unspecified atom stereocenters. The number of aliphatic imine (C=N–C) groups is 1. The zero-order chi connectivity index (χ0) is 20.0. The molecule has 0 bridgehead atoms. The summed E-state index contributed by atoms with van der Waals surface area (Å²) in [6.45, 7) is 0. The van der Waals surface area contributed by atoms with E-state index in [2.05, 4.69) is 15.3 Å². The lowest BCUT2D eigenvalue weighted by atomic mass is 10.2. The van der Waals surface area contributed by atoms with Crippen molar-refractivity contribution in [3.05, 3.63) is 53.6 Å². The van der Waals surface area contributed by atoms with Crippen LogP contribution in [0.3, 0.4) is 0 Å². The van der Waals surface area contributed by atoms with E-state index in [4.69, 9.17) is 10.5 Å². The molecule has 1 aromatic carbocycles. The first kappa shape index (κ1) is 20.3. The maximum Gasteiger partial charge on any atom is 0.274 e. The van der Waals surface area contributed by atoms with Gasteiger partial charge in [-0.05, 0) is 30.3 Å². The molecule has 8 nitrogen and oxygen atoms in total. The zero-order valence-electron chi connectivity index (χ0n) is 15.1. The van der Waals surface area contributed by atoms with Gasteiger partial charge in [-0.1, -0.05) is 0 Å². The van der Waals surface area contributed by atoms with Crippen LogP contribution in [0.15, 0.2) is 41.5 Å². The normalized spacial score (nSPS) is 12.4. The maximum atomic E-state index is 14.1. The molecule has 0 aliphatic rings. The number of pyridine rings is 1. The molecule has 27 heavy (non-hydrogen) atoms. The third-order valence-electron chi connectivity index (χ3n) is 3.64. The molecular weight excluding hydrogens is 373 g/mol. The van der Waals surface area contributed by atoms with Crippen LogP contribution >= 0.6 is 0 Å². The van der Waals surface area contributed by atoms with Crippen LogP contribution in [-0.4, -0.2) is 46.6 Å². The minimum Gasteiger partial charge on any atom is -0.495 e. The Morgan fingerprint density at radius 1 is 1.41 bits per heavy atom. The molecule has 1 amide bonds. The molecule has 1 aromatic heterocycles. The number of anilines is 1. The molecule has 2 aromatic rings. The third-order valence-corrected chi connectivity index (χ3v) is 5.00. The first-order valence-corrected chi connectivity index (χ1v) is 9.07. The lowest BCUT2D eigenvalue weighted by Gasteiger charge is -2.17. The highest BCUT2D eigenvalue weighted by molar-refractivity contribution is 7.82. The van der Waals surface area contributed by atoms with Gasteiger partial charge in [0.05, 0.1) is 19.1 Å². The van der Waals surface area contributed by atoms with E-state index in [1.165, 1.54) is 56.0 Å². The van der Waals surface area contributed by atoms with E-state index in [0.717, 1.165) is 0 Å². The number of amides is 1. The van der Waals surface area contributed by atoms with Crippen LogP contribution in [0.1, 0.15) is 16.1 Å². The Kier molecular flexibility index (Phi) is 6.83. The Bertz CT molecular complexity index is 873. The van der Waals surface area contributed by atoms with Crippen LogP contribution in [0.2, 0.25) is 0 Å². The van der Waals surface area contributed by atoms with Crippen molar-refractivity contribution in [3.63, 3.8) is 0 Å². The van der Waals surface area contributed by atoms with E-state index in [9.17, 15) is 13.4 Å². The molecule has 10 heteroatoms. The van der Waals surface area contributed by atoms with Gasteiger partial charge in [0.25, 0.3) is 5.91 Å². The summed E-state index contributed by atoms with van der Waals surface area (Å²) in [5.41, 5.74) is 6.31. The molecule has 144 valence electrons. The third kappa shape index (κ3) is 5.23. The van der Waals surface area contributed by atoms with E-state index in [1.54, 1.807) is 6.07 Å². The molecule has 2 rings (SSSR count). The molecule has 0 aliphatic heterocycles. The monoisotopic (exact) mass is 393 g/mol. The molecule has 0 fully saturated rings. The van der Waals surface area contributed by atoms with Gasteiger partial charge in [0.2, 0.25) is 5.96 Å². The van der Waals surface area contributed by atoms with Crippen molar-refractivity contribution < 1.29 is 18.1 Å². The topological polar surface area (TPSA) is 110 Å². The van der Waals surface area contributed by atoms with Crippen molar-refractivity contribution in [1.29, 1.82) is 0 Å². The van der Waals surface area contributed by atoms with Gasteiger partial charge < -0.3 is 15.8 Å². The first-order valence-electron chi connectivity index (χ1n) is 7.80. The number of methoxy groups -OCH3 is 1. The van der Waals surface area contributed by atoms with Gasteiger partial charge in [0.15, 0.2) is 0 Å². The molecule has 1 atom stereocenters. The fourth-order valence-electron chi connectivity index (χ4n) is 2.07. The van der Waals surface area contributed by atoms with Crippen LogP contribution in [-0.2, 0) is 16.7 Å². The Balaban J connectivity index is 2.14. The number of ether oxygens (including phenoxy) is 1. The summed E-state index contributed by atoms with van der Waals surface area (Å²) >= 11 is 0. The average molecular weight is 393 g/mol. The molecule has 0 radical (unpaired) electrons. The van der Waals surface area contributed by atoms with Crippen LogP contribution < -0.4 is 15.8 Å². The number of halogens is 1. The minimum atomic E-state index is -1.62. The predicted octanol–water partition coefficient (Wildman–Crippen LogP) is 1.52. The number of nitrogens with one attached hydrogen (secondary N) is 1. The number of hydrogen-bond acceptors (Lipinski definition) is 5. The van der Waals surface area contributed by atoms with Crippen LogP contribution in [0, 0.1) is 5.82 Å². The number of nitrogens with two attached hydrogens (primary N) is 1. The Hall–Kier alpha value is -3.01. The summed E-state index contributed by atoms with van der Waals surface area (Å²) in [6.07, 6.45) is 1.42. The van der Waals surface area contributed by atoms with Crippen molar-refractivity contribution in [2.24, 2.45) is 10.7 Å². The first-order chi connectivity index (χ1) is 12.8. The smallest absolute Gasteiger partial charge is 0.274 e. The van der Waals surface area contributed by atoms with Crippen LogP contribution in [0.25, 0.3) is 0 Å². The van der Waals surface area contributed by atoms with E-state index in [0.29, 0.717) is 11.4 Å². The van der Waals surface area contributed by atoms with Crippen LogP contribution in [0.4, 0.5) is 10.1 Å². The molecule has 0 saturated carbocycles.